The monoisotopic (exact) mass is 538 g/mol. The van der Waals surface area contributed by atoms with Crippen molar-refractivity contribution in [3.8, 4) is 0 Å². The Morgan fingerprint density at radius 3 is 2.66 bits per heavy atom. The molecule has 6 nitrogen and oxygen atoms in total. The summed E-state index contributed by atoms with van der Waals surface area (Å²) in [6, 6.07) is 13.8. The average molecular weight is 539 g/mol. The Hall–Kier alpha value is -2.36. The van der Waals surface area contributed by atoms with Gasteiger partial charge in [-0.2, -0.15) is 0 Å². The molecule has 1 aromatic heterocycles. The van der Waals surface area contributed by atoms with Crippen molar-refractivity contribution in [3.05, 3.63) is 91.2 Å². The number of halogens is 3. The Morgan fingerprint density at radius 2 is 1.90 bits per heavy atom. The second-order valence-corrected chi connectivity index (χ2v) is 8.26. The molecule has 0 unspecified atom stereocenters. The largest absolute Gasteiger partial charge is 0.359 e. The highest BCUT2D eigenvalue weighted by Gasteiger charge is 2.36. The molecular formula is C20H13Cl2IN4O2. The summed E-state index contributed by atoms with van der Waals surface area (Å²) in [4.78, 5) is 29.9. The van der Waals surface area contributed by atoms with E-state index in [0.29, 0.717) is 32.4 Å². The molecule has 3 aromatic rings. The predicted octanol–water partition coefficient (Wildman–Crippen LogP) is 4.90. The number of nitrogens with one attached hydrogen (secondary N) is 2. The molecule has 0 aliphatic carbocycles. The Bertz CT molecular complexity index is 1110. The topological polar surface area (TPSA) is 74.3 Å². The molecule has 0 saturated heterocycles. The van der Waals surface area contributed by atoms with Crippen LogP contribution in [0.1, 0.15) is 32.4 Å². The van der Waals surface area contributed by atoms with Crippen molar-refractivity contribution in [2.45, 2.75) is 6.17 Å². The molecule has 4 rings (SSSR count). The van der Waals surface area contributed by atoms with Gasteiger partial charge in [0.1, 0.15) is 6.17 Å². The van der Waals surface area contributed by atoms with Crippen molar-refractivity contribution in [1.82, 2.24) is 15.4 Å². The van der Waals surface area contributed by atoms with Crippen LogP contribution < -0.4 is 10.7 Å². The van der Waals surface area contributed by atoms with Crippen molar-refractivity contribution in [1.29, 1.82) is 0 Å². The van der Waals surface area contributed by atoms with Crippen LogP contribution in [0.5, 0.6) is 0 Å². The molecule has 0 spiro atoms. The van der Waals surface area contributed by atoms with E-state index in [9.17, 15) is 9.59 Å². The molecule has 1 aliphatic rings. The molecule has 0 radical (unpaired) electrons. The molecule has 29 heavy (non-hydrogen) atoms. The fourth-order valence-corrected chi connectivity index (χ4v) is 3.92. The van der Waals surface area contributed by atoms with E-state index in [0.717, 1.165) is 3.57 Å². The van der Waals surface area contributed by atoms with E-state index in [1.165, 1.54) is 17.4 Å². The Kier molecular flexibility index (Phi) is 5.62. The number of fused-ring (bicyclic) bond motifs is 1. The van der Waals surface area contributed by atoms with Gasteiger partial charge in [-0.15, -0.1) is 0 Å². The highest BCUT2D eigenvalue weighted by atomic mass is 127. The van der Waals surface area contributed by atoms with Gasteiger partial charge in [0, 0.05) is 32.8 Å². The molecule has 0 fully saturated rings. The molecule has 1 atom stereocenters. The summed E-state index contributed by atoms with van der Waals surface area (Å²) in [5.41, 5.74) is 4.72. The Labute approximate surface area is 190 Å². The normalized spacial score (nSPS) is 15.5. The van der Waals surface area contributed by atoms with Gasteiger partial charge in [-0.1, -0.05) is 35.3 Å². The minimum atomic E-state index is -0.743. The second kappa shape index (κ2) is 8.17. The average Bonchev–Trinajstić information content (AvgIpc) is 2.73. The van der Waals surface area contributed by atoms with Crippen molar-refractivity contribution in [2.75, 3.05) is 5.32 Å². The van der Waals surface area contributed by atoms with Gasteiger partial charge in [0.05, 0.1) is 15.6 Å². The number of hydrogen-bond donors (Lipinski definition) is 2. The smallest absolute Gasteiger partial charge is 0.276 e. The summed E-state index contributed by atoms with van der Waals surface area (Å²) in [5, 5.41) is 5.17. The van der Waals surface area contributed by atoms with Crippen molar-refractivity contribution in [2.24, 2.45) is 0 Å². The van der Waals surface area contributed by atoms with Crippen LogP contribution in [0.2, 0.25) is 10.0 Å². The molecule has 2 amide bonds. The van der Waals surface area contributed by atoms with E-state index < -0.39 is 12.1 Å². The lowest BCUT2D eigenvalue weighted by atomic mass is 10.0. The number of anilines is 1. The van der Waals surface area contributed by atoms with Crippen LogP contribution >= 0.6 is 45.8 Å². The number of benzene rings is 2. The number of nitrogens with zero attached hydrogens (tertiary/aromatic N) is 2. The SMILES string of the molecule is O=C(NN1C(=O)c2cc(I)ccc2N[C@H]1c1cccc(Cl)c1Cl)c1ccncc1. The molecule has 2 heterocycles. The molecule has 1 aliphatic heterocycles. The Balaban J connectivity index is 1.78. The number of carbonyl (C=O) groups excluding carboxylic acids is 2. The summed E-state index contributed by atoms with van der Waals surface area (Å²) in [5.74, 6) is -0.805. The zero-order chi connectivity index (χ0) is 20.5. The van der Waals surface area contributed by atoms with Crippen LogP contribution in [0, 0.1) is 3.57 Å². The van der Waals surface area contributed by atoms with Gasteiger partial charge in [0.25, 0.3) is 11.8 Å². The maximum Gasteiger partial charge on any atom is 0.276 e. The summed E-state index contributed by atoms with van der Waals surface area (Å²) in [6.07, 6.45) is 2.27. The van der Waals surface area contributed by atoms with E-state index in [1.807, 2.05) is 12.1 Å². The van der Waals surface area contributed by atoms with Gasteiger partial charge < -0.3 is 5.32 Å². The first-order valence-corrected chi connectivity index (χ1v) is 10.3. The zero-order valence-electron chi connectivity index (χ0n) is 14.7. The lowest BCUT2D eigenvalue weighted by Crippen LogP contribution is -2.53. The van der Waals surface area contributed by atoms with Gasteiger partial charge in [0.15, 0.2) is 0 Å². The van der Waals surface area contributed by atoms with Crippen molar-refractivity contribution in [3.63, 3.8) is 0 Å². The number of aromatic nitrogens is 1. The van der Waals surface area contributed by atoms with Gasteiger partial charge in [-0.25, -0.2) is 5.01 Å². The first kappa shape index (κ1) is 19.9. The number of rotatable bonds is 3. The van der Waals surface area contributed by atoms with E-state index >= 15 is 0 Å². The predicted molar refractivity (Wildman–Crippen MR) is 120 cm³/mol. The summed E-state index contributed by atoms with van der Waals surface area (Å²) in [7, 11) is 0. The highest BCUT2D eigenvalue weighted by molar-refractivity contribution is 14.1. The maximum absolute atomic E-state index is 13.3. The lowest BCUT2D eigenvalue weighted by molar-refractivity contribution is 0.0491. The molecular weight excluding hydrogens is 526 g/mol. The highest BCUT2D eigenvalue weighted by Crippen LogP contribution is 2.37. The van der Waals surface area contributed by atoms with Crippen LogP contribution in [0.4, 0.5) is 5.69 Å². The third-order valence-corrected chi connectivity index (χ3v) is 5.93. The summed E-state index contributed by atoms with van der Waals surface area (Å²) in [6.45, 7) is 0. The number of carbonyl (C=O) groups is 2. The summed E-state index contributed by atoms with van der Waals surface area (Å²) >= 11 is 14.7. The second-order valence-electron chi connectivity index (χ2n) is 6.23. The molecule has 2 aromatic carbocycles. The van der Waals surface area contributed by atoms with Crippen LogP contribution in [0.25, 0.3) is 0 Å². The van der Waals surface area contributed by atoms with Crippen molar-refractivity contribution >= 4 is 63.3 Å². The first-order chi connectivity index (χ1) is 14.0. The van der Waals surface area contributed by atoms with E-state index in [-0.39, 0.29) is 5.91 Å². The third kappa shape index (κ3) is 3.90. The number of amides is 2. The van der Waals surface area contributed by atoms with Crippen LogP contribution in [0.3, 0.4) is 0 Å². The first-order valence-electron chi connectivity index (χ1n) is 8.50. The third-order valence-electron chi connectivity index (χ3n) is 4.42. The van der Waals surface area contributed by atoms with Crippen LogP contribution in [-0.4, -0.2) is 21.8 Å². The molecule has 9 heteroatoms. The van der Waals surface area contributed by atoms with Gasteiger partial charge in [-0.05, 0) is 59.0 Å². The maximum atomic E-state index is 13.3. The zero-order valence-corrected chi connectivity index (χ0v) is 18.4. The summed E-state index contributed by atoms with van der Waals surface area (Å²) < 4.78 is 0.899. The van der Waals surface area contributed by atoms with E-state index in [1.54, 1.807) is 36.4 Å². The molecule has 0 bridgehead atoms. The lowest BCUT2D eigenvalue weighted by Gasteiger charge is -2.38. The minimum absolute atomic E-state index is 0.302. The fraction of sp³-hybridized carbons (Fsp3) is 0.0500. The van der Waals surface area contributed by atoms with E-state index in [2.05, 4.69) is 38.3 Å². The van der Waals surface area contributed by atoms with Gasteiger partial charge in [-0.3, -0.25) is 20.0 Å². The standard InChI is InChI=1S/C20H13Cl2IN4O2/c21-15-3-1-2-13(17(15)22)18-25-16-5-4-12(23)10-14(16)20(29)27(18)26-19(28)11-6-8-24-9-7-11/h1-10,18,25H,(H,26,28)/t18-/m1/s1. The molecule has 2 N–H and O–H groups in total. The number of hydrogen-bond acceptors (Lipinski definition) is 4. The molecule has 0 saturated carbocycles. The van der Waals surface area contributed by atoms with Gasteiger partial charge >= 0.3 is 0 Å². The van der Waals surface area contributed by atoms with Crippen molar-refractivity contribution < 1.29 is 9.59 Å². The molecule has 146 valence electrons. The minimum Gasteiger partial charge on any atom is -0.359 e. The fourth-order valence-electron chi connectivity index (χ4n) is 3.02. The van der Waals surface area contributed by atoms with Crippen LogP contribution in [-0.2, 0) is 0 Å². The van der Waals surface area contributed by atoms with E-state index in [4.69, 9.17) is 23.2 Å². The van der Waals surface area contributed by atoms with Gasteiger partial charge in [0.2, 0.25) is 0 Å². The number of hydrazine groups is 1. The Morgan fingerprint density at radius 1 is 1.14 bits per heavy atom. The van der Waals surface area contributed by atoms with Crippen LogP contribution in [0.15, 0.2) is 60.9 Å². The number of pyridine rings is 1. The quantitative estimate of drug-likeness (QED) is 0.465.